The normalized spacial score (nSPS) is 10.7. The Hall–Kier alpha value is -2.69. The first-order valence-corrected chi connectivity index (χ1v) is 5.41. The molecule has 2 heterocycles. The quantitative estimate of drug-likeness (QED) is 0.671. The molecule has 0 atom stereocenters. The van der Waals surface area contributed by atoms with Crippen LogP contribution in [0.4, 0.5) is 0 Å². The van der Waals surface area contributed by atoms with Gasteiger partial charge in [-0.05, 0) is 5.56 Å². The van der Waals surface area contributed by atoms with Crippen LogP contribution in [-0.2, 0) is 0 Å². The van der Waals surface area contributed by atoms with Crippen LogP contribution in [0.3, 0.4) is 0 Å². The van der Waals surface area contributed by atoms with Gasteiger partial charge >= 0.3 is 0 Å². The fourth-order valence-electron chi connectivity index (χ4n) is 1.96. The summed E-state index contributed by atoms with van der Waals surface area (Å²) in [5.41, 5.74) is 0.827. The van der Waals surface area contributed by atoms with Gasteiger partial charge in [-0.3, -0.25) is 24.8 Å². The SMILES string of the molecule is O=c1[nH][nH]c(=O)c2c(-c3ccccc3)cncc12. The molecule has 2 N–H and O–H groups in total. The van der Waals surface area contributed by atoms with Crippen molar-refractivity contribution in [2.45, 2.75) is 0 Å². The molecule has 88 valence electrons. The average Bonchev–Trinajstić information content (AvgIpc) is 2.43. The minimum atomic E-state index is -0.352. The first-order chi connectivity index (χ1) is 8.77. The van der Waals surface area contributed by atoms with Crippen molar-refractivity contribution in [2.75, 3.05) is 0 Å². The number of aromatic amines is 2. The van der Waals surface area contributed by atoms with Gasteiger partial charge in [-0.15, -0.1) is 0 Å². The van der Waals surface area contributed by atoms with Crippen LogP contribution in [0.1, 0.15) is 0 Å². The second-order valence-electron chi connectivity index (χ2n) is 3.88. The van der Waals surface area contributed by atoms with E-state index in [-0.39, 0.29) is 11.1 Å². The van der Waals surface area contributed by atoms with Crippen molar-refractivity contribution in [1.82, 2.24) is 15.2 Å². The second-order valence-corrected chi connectivity index (χ2v) is 3.88. The number of hydrogen-bond acceptors (Lipinski definition) is 3. The van der Waals surface area contributed by atoms with Gasteiger partial charge in [0.1, 0.15) is 0 Å². The lowest BCUT2D eigenvalue weighted by Crippen LogP contribution is -2.19. The highest BCUT2D eigenvalue weighted by molar-refractivity contribution is 5.94. The van der Waals surface area contributed by atoms with Gasteiger partial charge in [0.25, 0.3) is 11.1 Å². The zero-order chi connectivity index (χ0) is 12.5. The number of nitrogens with zero attached hydrogens (tertiary/aromatic N) is 1. The van der Waals surface area contributed by atoms with Gasteiger partial charge in [0, 0.05) is 18.0 Å². The first-order valence-electron chi connectivity index (χ1n) is 5.41. The summed E-state index contributed by atoms with van der Waals surface area (Å²) < 4.78 is 0. The summed E-state index contributed by atoms with van der Waals surface area (Å²) in [6, 6.07) is 9.37. The van der Waals surface area contributed by atoms with Crippen LogP contribution in [0.2, 0.25) is 0 Å². The van der Waals surface area contributed by atoms with E-state index < -0.39 is 0 Å². The van der Waals surface area contributed by atoms with Crippen molar-refractivity contribution < 1.29 is 0 Å². The van der Waals surface area contributed by atoms with Gasteiger partial charge in [0.15, 0.2) is 0 Å². The Morgan fingerprint density at radius 1 is 0.889 bits per heavy atom. The summed E-state index contributed by atoms with van der Waals surface area (Å²) in [6.07, 6.45) is 2.99. The maximum Gasteiger partial charge on any atom is 0.272 e. The van der Waals surface area contributed by atoms with Crippen molar-refractivity contribution in [1.29, 1.82) is 0 Å². The molecule has 0 spiro atoms. The van der Waals surface area contributed by atoms with Crippen molar-refractivity contribution >= 4 is 10.8 Å². The topological polar surface area (TPSA) is 78.6 Å². The molecule has 18 heavy (non-hydrogen) atoms. The molecule has 0 aliphatic heterocycles. The van der Waals surface area contributed by atoms with Gasteiger partial charge in [-0.25, -0.2) is 0 Å². The molecule has 3 aromatic rings. The molecule has 5 heteroatoms. The van der Waals surface area contributed by atoms with E-state index in [2.05, 4.69) is 15.2 Å². The lowest BCUT2D eigenvalue weighted by atomic mass is 10.0. The summed E-state index contributed by atoms with van der Waals surface area (Å²) >= 11 is 0. The van der Waals surface area contributed by atoms with E-state index in [0.29, 0.717) is 16.3 Å². The van der Waals surface area contributed by atoms with E-state index in [9.17, 15) is 9.59 Å². The van der Waals surface area contributed by atoms with Crippen molar-refractivity contribution in [2.24, 2.45) is 0 Å². The van der Waals surface area contributed by atoms with Gasteiger partial charge in [-0.2, -0.15) is 0 Å². The summed E-state index contributed by atoms with van der Waals surface area (Å²) in [4.78, 5) is 27.5. The smallest absolute Gasteiger partial charge is 0.267 e. The molecular weight excluding hydrogens is 230 g/mol. The van der Waals surface area contributed by atoms with Crippen molar-refractivity contribution in [3.05, 3.63) is 63.4 Å². The standard InChI is InChI=1S/C13H9N3O2/c17-12-10-7-14-6-9(8-4-2-1-3-5-8)11(10)13(18)16-15-12/h1-7H,(H,15,17)(H,16,18). The molecule has 5 nitrogen and oxygen atoms in total. The van der Waals surface area contributed by atoms with E-state index in [0.717, 1.165) is 5.56 Å². The molecule has 0 radical (unpaired) electrons. The van der Waals surface area contributed by atoms with Crippen LogP contribution < -0.4 is 11.1 Å². The fourth-order valence-corrected chi connectivity index (χ4v) is 1.96. The van der Waals surface area contributed by atoms with Gasteiger partial charge in [0.05, 0.1) is 10.8 Å². The number of hydrogen-bond donors (Lipinski definition) is 2. The highest BCUT2D eigenvalue weighted by Gasteiger charge is 2.09. The maximum atomic E-state index is 11.9. The molecule has 2 aromatic heterocycles. The Balaban J connectivity index is 2.49. The molecule has 0 saturated heterocycles. The highest BCUT2D eigenvalue weighted by Crippen LogP contribution is 2.22. The van der Waals surface area contributed by atoms with Crippen LogP contribution in [0.5, 0.6) is 0 Å². The van der Waals surface area contributed by atoms with E-state index in [4.69, 9.17) is 0 Å². The molecule has 0 amide bonds. The van der Waals surface area contributed by atoms with Gasteiger partial charge in [-0.1, -0.05) is 30.3 Å². The summed E-state index contributed by atoms with van der Waals surface area (Å²) in [5.74, 6) is 0. The molecule has 0 aliphatic carbocycles. The molecule has 0 saturated carbocycles. The first kappa shape index (κ1) is 10.5. The molecule has 0 bridgehead atoms. The lowest BCUT2D eigenvalue weighted by molar-refractivity contribution is 0.975. The number of H-pyrrole nitrogens is 2. The Morgan fingerprint density at radius 2 is 1.61 bits per heavy atom. The Bertz CT molecular complexity index is 819. The van der Waals surface area contributed by atoms with Crippen LogP contribution in [0, 0.1) is 0 Å². The summed E-state index contributed by atoms with van der Waals surface area (Å²) in [6.45, 7) is 0. The second kappa shape index (κ2) is 3.96. The Labute approximate surface area is 101 Å². The predicted octanol–water partition coefficient (Wildman–Crippen LogP) is 1.28. The Morgan fingerprint density at radius 3 is 2.39 bits per heavy atom. The van der Waals surface area contributed by atoms with Crippen LogP contribution in [0.15, 0.2) is 52.3 Å². The molecular formula is C13H9N3O2. The molecule has 0 fully saturated rings. The van der Waals surface area contributed by atoms with E-state index in [1.54, 1.807) is 6.20 Å². The largest absolute Gasteiger partial charge is 0.272 e. The highest BCUT2D eigenvalue weighted by atomic mass is 16.1. The van der Waals surface area contributed by atoms with Crippen LogP contribution >= 0.6 is 0 Å². The maximum absolute atomic E-state index is 11.9. The van der Waals surface area contributed by atoms with Crippen LogP contribution in [-0.4, -0.2) is 15.2 Å². The van der Waals surface area contributed by atoms with E-state index in [1.165, 1.54) is 6.20 Å². The summed E-state index contributed by atoms with van der Waals surface area (Å²) in [7, 11) is 0. The third kappa shape index (κ3) is 1.53. The van der Waals surface area contributed by atoms with E-state index in [1.807, 2.05) is 30.3 Å². The number of pyridine rings is 1. The number of rotatable bonds is 1. The minimum absolute atomic E-state index is 0.292. The third-order valence-electron chi connectivity index (χ3n) is 2.79. The lowest BCUT2D eigenvalue weighted by Gasteiger charge is -2.04. The van der Waals surface area contributed by atoms with Crippen LogP contribution in [0.25, 0.3) is 21.9 Å². The van der Waals surface area contributed by atoms with Crippen molar-refractivity contribution in [3.8, 4) is 11.1 Å². The minimum Gasteiger partial charge on any atom is -0.267 e. The van der Waals surface area contributed by atoms with Gasteiger partial charge in [0.2, 0.25) is 0 Å². The van der Waals surface area contributed by atoms with Gasteiger partial charge < -0.3 is 0 Å². The monoisotopic (exact) mass is 239 g/mol. The molecule has 1 aromatic carbocycles. The number of benzene rings is 1. The molecule has 0 unspecified atom stereocenters. The number of fused-ring (bicyclic) bond motifs is 1. The number of aromatic nitrogens is 3. The third-order valence-corrected chi connectivity index (χ3v) is 2.79. The predicted molar refractivity (Wildman–Crippen MR) is 68.4 cm³/mol. The Kier molecular flexibility index (Phi) is 2.30. The van der Waals surface area contributed by atoms with Crippen molar-refractivity contribution in [3.63, 3.8) is 0 Å². The zero-order valence-corrected chi connectivity index (χ0v) is 9.31. The number of nitrogens with one attached hydrogen (secondary N) is 2. The molecule has 3 rings (SSSR count). The average molecular weight is 239 g/mol. The zero-order valence-electron chi connectivity index (χ0n) is 9.31. The van der Waals surface area contributed by atoms with E-state index >= 15 is 0 Å². The summed E-state index contributed by atoms with van der Waals surface area (Å²) in [5, 5.41) is 5.27. The molecule has 0 aliphatic rings. The fraction of sp³-hybridized carbons (Fsp3) is 0.